The fourth-order valence-electron chi connectivity index (χ4n) is 3.04. The molecule has 20 heavy (non-hydrogen) atoms. The first-order chi connectivity index (χ1) is 9.77. The number of anilines is 2. The van der Waals surface area contributed by atoms with Crippen LogP contribution in [0.25, 0.3) is 0 Å². The third-order valence-corrected chi connectivity index (χ3v) is 4.16. The van der Waals surface area contributed by atoms with Gasteiger partial charge in [0.15, 0.2) is 0 Å². The van der Waals surface area contributed by atoms with Crippen molar-refractivity contribution in [2.24, 2.45) is 0 Å². The largest absolute Gasteiger partial charge is 0.491 e. The van der Waals surface area contributed by atoms with Gasteiger partial charge in [-0.2, -0.15) is 0 Å². The standard InChI is InChI=1S/C17H28N2O/c1-3-13-20-16-11-8-10-15(17(16)18)19-12-7-5-6-9-14(19)4-2/h8,10-11,14H,3-7,9,12-13,18H2,1-2H3. The van der Waals surface area contributed by atoms with Crippen LogP contribution in [0.5, 0.6) is 5.75 Å². The van der Waals surface area contributed by atoms with E-state index in [4.69, 9.17) is 10.5 Å². The minimum Gasteiger partial charge on any atom is -0.491 e. The molecule has 1 aliphatic rings. The second-order valence-electron chi connectivity index (χ2n) is 5.64. The molecule has 0 radical (unpaired) electrons. The lowest BCUT2D eigenvalue weighted by Crippen LogP contribution is -2.34. The zero-order valence-corrected chi connectivity index (χ0v) is 12.9. The smallest absolute Gasteiger partial charge is 0.144 e. The molecular formula is C17H28N2O. The zero-order valence-electron chi connectivity index (χ0n) is 12.9. The number of benzene rings is 1. The summed E-state index contributed by atoms with van der Waals surface area (Å²) in [5.41, 5.74) is 8.32. The molecule has 2 N–H and O–H groups in total. The Labute approximate surface area is 123 Å². The van der Waals surface area contributed by atoms with E-state index in [1.807, 2.05) is 6.07 Å². The Kier molecular flexibility index (Phi) is 5.57. The Morgan fingerprint density at radius 2 is 2.10 bits per heavy atom. The maximum absolute atomic E-state index is 6.36. The van der Waals surface area contributed by atoms with Crippen LogP contribution in [0.1, 0.15) is 52.4 Å². The minimum atomic E-state index is 0.612. The lowest BCUT2D eigenvalue weighted by Gasteiger charge is -2.32. The summed E-state index contributed by atoms with van der Waals surface area (Å²) in [6.07, 6.45) is 7.39. The van der Waals surface area contributed by atoms with Gasteiger partial charge in [0.2, 0.25) is 0 Å². The van der Waals surface area contributed by atoms with Crippen molar-refractivity contribution in [1.82, 2.24) is 0 Å². The Morgan fingerprint density at radius 1 is 1.25 bits per heavy atom. The van der Waals surface area contributed by atoms with E-state index in [1.165, 1.54) is 32.1 Å². The maximum Gasteiger partial charge on any atom is 0.144 e. The van der Waals surface area contributed by atoms with Crippen molar-refractivity contribution in [2.75, 3.05) is 23.8 Å². The van der Waals surface area contributed by atoms with Gasteiger partial charge in [0.25, 0.3) is 0 Å². The molecule has 1 aromatic rings. The van der Waals surface area contributed by atoms with E-state index >= 15 is 0 Å². The number of hydrogen-bond donors (Lipinski definition) is 1. The number of nitrogen functional groups attached to an aromatic ring is 1. The van der Waals surface area contributed by atoms with Gasteiger partial charge in [-0.3, -0.25) is 0 Å². The van der Waals surface area contributed by atoms with Gasteiger partial charge in [-0.05, 0) is 37.8 Å². The molecule has 1 aromatic carbocycles. The minimum absolute atomic E-state index is 0.612. The summed E-state index contributed by atoms with van der Waals surface area (Å²) < 4.78 is 5.77. The van der Waals surface area contributed by atoms with Crippen LogP contribution in [-0.4, -0.2) is 19.2 Å². The van der Waals surface area contributed by atoms with Gasteiger partial charge in [-0.1, -0.05) is 32.8 Å². The molecule has 0 saturated carbocycles. The number of nitrogens with two attached hydrogens (primary N) is 1. The van der Waals surface area contributed by atoms with Crippen molar-refractivity contribution in [3.63, 3.8) is 0 Å². The third kappa shape index (κ3) is 3.38. The summed E-state index contributed by atoms with van der Waals surface area (Å²) in [6.45, 7) is 6.23. The highest BCUT2D eigenvalue weighted by Gasteiger charge is 2.22. The first-order valence-electron chi connectivity index (χ1n) is 8.05. The molecular weight excluding hydrogens is 248 g/mol. The predicted octanol–water partition coefficient (Wildman–Crippen LogP) is 4.22. The summed E-state index contributed by atoms with van der Waals surface area (Å²) in [5.74, 6) is 0.837. The Bertz CT molecular complexity index is 419. The number of rotatable bonds is 5. The van der Waals surface area contributed by atoms with Crippen molar-refractivity contribution in [3.8, 4) is 5.75 Å². The fourth-order valence-corrected chi connectivity index (χ4v) is 3.04. The number of nitrogens with zero attached hydrogens (tertiary/aromatic N) is 1. The Morgan fingerprint density at radius 3 is 2.85 bits per heavy atom. The highest BCUT2D eigenvalue weighted by atomic mass is 16.5. The van der Waals surface area contributed by atoms with E-state index in [-0.39, 0.29) is 0 Å². The molecule has 3 heteroatoms. The van der Waals surface area contributed by atoms with Crippen molar-refractivity contribution in [1.29, 1.82) is 0 Å². The molecule has 0 bridgehead atoms. The molecule has 112 valence electrons. The van der Waals surface area contributed by atoms with Crippen LogP contribution in [0.3, 0.4) is 0 Å². The van der Waals surface area contributed by atoms with E-state index < -0.39 is 0 Å². The molecule has 3 nitrogen and oxygen atoms in total. The van der Waals surface area contributed by atoms with E-state index in [0.29, 0.717) is 6.04 Å². The predicted molar refractivity (Wildman–Crippen MR) is 86.5 cm³/mol. The van der Waals surface area contributed by atoms with Gasteiger partial charge >= 0.3 is 0 Å². The monoisotopic (exact) mass is 276 g/mol. The van der Waals surface area contributed by atoms with Gasteiger partial charge in [0.1, 0.15) is 5.75 Å². The summed E-state index contributed by atoms with van der Waals surface area (Å²) in [4.78, 5) is 2.50. The van der Waals surface area contributed by atoms with E-state index in [1.54, 1.807) is 0 Å². The van der Waals surface area contributed by atoms with Crippen LogP contribution in [0, 0.1) is 0 Å². The van der Waals surface area contributed by atoms with Gasteiger partial charge in [0, 0.05) is 12.6 Å². The molecule has 1 unspecified atom stereocenters. The second-order valence-corrected chi connectivity index (χ2v) is 5.64. The summed E-state index contributed by atoms with van der Waals surface area (Å²) in [5, 5.41) is 0. The van der Waals surface area contributed by atoms with Crippen molar-refractivity contribution in [3.05, 3.63) is 18.2 Å². The first-order valence-corrected chi connectivity index (χ1v) is 8.05. The van der Waals surface area contributed by atoms with Gasteiger partial charge in [-0.15, -0.1) is 0 Å². The van der Waals surface area contributed by atoms with Crippen LogP contribution in [-0.2, 0) is 0 Å². The van der Waals surface area contributed by atoms with Crippen LogP contribution < -0.4 is 15.4 Å². The van der Waals surface area contributed by atoms with Gasteiger partial charge in [0.05, 0.1) is 18.0 Å². The SMILES string of the molecule is CCCOc1cccc(N2CCCCCC2CC)c1N. The molecule has 1 atom stereocenters. The average Bonchev–Trinajstić information content (AvgIpc) is 2.71. The number of hydrogen-bond acceptors (Lipinski definition) is 3. The van der Waals surface area contributed by atoms with Crippen LogP contribution in [0.4, 0.5) is 11.4 Å². The van der Waals surface area contributed by atoms with Crippen molar-refractivity contribution < 1.29 is 4.74 Å². The molecule has 0 aliphatic carbocycles. The lowest BCUT2D eigenvalue weighted by molar-refractivity contribution is 0.319. The molecule has 0 aromatic heterocycles. The second kappa shape index (κ2) is 7.41. The highest BCUT2D eigenvalue weighted by Crippen LogP contribution is 2.35. The normalized spacial score (nSPS) is 19.7. The fraction of sp³-hybridized carbons (Fsp3) is 0.647. The lowest BCUT2D eigenvalue weighted by atomic mass is 10.1. The van der Waals surface area contributed by atoms with Crippen molar-refractivity contribution >= 4 is 11.4 Å². The molecule has 0 spiro atoms. The summed E-state index contributed by atoms with van der Waals surface area (Å²) in [7, 11) is 0. The third-order valence-electron chi connectivity index (χ3n) is 4.16. The van der Waals surface area contributed by atoms with Crippen molar-refractivity contribution in [2.45, 2.75) is 58.4 Å². The van der Waals surface area contributed by atoms with Gasteiger partial charge < -0.3 is 15.4 Å². The molecule has 1 aliphatic heterocycles. The average molecular weight is 276 g/mol. The van der Waals surface area contributed by atoms with Crippen LogP contribution >= 0.6 is 0 Å². The van der Waals surface area contributed by atoms with E-state index in [2.05, 4.69) is 30.9 Å². The molecule has 1 saturated heterocycles. The van der Waals surface area contributed by atoms with Crippen LogP contribution in [0.2, 0.25) is 0 Å². The zero-order chi connectivity index (χ0) is 14.4. The first kappa shape index (κ1) is 15.0. The maximum atomic E-state index is 6.36. The van der Waals surface area contributed by atoms with Gasteiger partial charge in [-0.25, -0.2) is 0 Å². The number of para-hydroxylation sites is 1. The molecule has 1 fully saturated rings. The summed E-state index contributed by atoms with van der Waals surface area (Å²) >= 11 is 0. The quantitative estimate of drug-likeness (QED) is 0.818. The Hall–Kier alpha value is -1.38. The number of ether oxygens (including phenoxy) is 1. The summed E-state index contributed by atoms with van der Waals surface area (Å²) in [6, 6.07) is 6.80. The molecule has 2 rings (SSSR count). The highest BCUT2D eigenvalue weighted by molar-refractivity contribution is 5.74. The van der Waals surface area contributed by atoms with E-state index in [0.717, 1.165) is 36.7 Å². The topological polar surface area (TPSA) is 38.5 Å². The Balaban J connectivity index is 2.25. The van der Waals surface area contributed by atoms with E-state index in [9.17, 15) is 0 Å². The van der Waals surface area contributed by atoms with Crippen LogP contribution in [0.15, 0.2) is 18.2 Å². The molecule has 0 amide bonds. The molecule has 1 heterocycles.